The molecule has 1 saturated heterocycles. The summed E-state index contributed by atoms with van der Waals surface area (Å²) in [6.45, 7) is 1.36. The van der Waals surface area contributed by atoms with Crippen molar-refractivity contribution in [1.29, 1.82) is 0 Å². The summed E-state index contributed by atoms with van der Waals surface area (Å²) in [6.07, 6.45) is 2.47. The lowest BCUT2D eigenvalue weighted by molar-refractivity contribution is 0.193. The molecular weight excluding hydrogens is 220 g/mol. The van der Waals surface area contributed by atoms with Gasteiger partial charge in [0.1, 0.15) is 0 Å². The van der Waals surface area contributed by atoms with Crippen molar-refractivity contribution in [3.8, 4) is 11.6 Å². The minimum atomic E-state index is -0.159. The van der Waals surface area contributed by atoms with Crippen LogP contribution in [-0.4, -0.2) is 23.2 Å². The maximum Gasteiger partial charge on any atom is 0.251 e. The molecule has 0 aromatic carbocycles. The van der Waals surface area contributed by atoms with E-state index in [0.29, 0.717) is 18.2 Å². The summed E-state index contributed by atoms with van der Waals surface area (Å²) in [5.74, 6) is 1.26. The quantitative estimate of drug-likeness (QED) is 0.852. The second-order valence-corrected chi connectivity index (χ2v) is 4.06. The van der Waals surface area contributed by atoms with Crippen LogP contribution in [0.5, 0.6) is 0 Å². The second kappa shape index (κ2) is 4.18. The molecule has 0 amide bonds. The number of nitrogens with zero attached hydrogens (tertiary/aromatic N) is 1. The normalized spacial score (nSPS) is 19.6. The predicted molar refractivity (Wildman–Crippen MR) is 60.7 cm³/mol. The highest BCUT2D eigenvalue weighted by Crippen LogP contribution is 2.24. The van der Waals surface area contributed by atoms with Gasteiger partial charge in [-0.15, -0.1) is 0 Å². The van der Waals surface area contributed by atoms with Crippen molar-refractivity contribution in [1.82, 2.24) is 9.97 Å². The Bertz CT molecular complexity index is 553. The van der Waals surface area contributed by atoms with Crippen LogP contribution in [0.1, 0.15) is 18.0 Å². The zero-order valence-corrected chi connectivity index (χ0v) is 9.18. The van der Waals surface area contributed by atoms with Crippen LogP contribution < -0.4 is 5.56 Å². The van der Waals surface area contributed by atoms with Crippen molar-refractivity contribution in [3.63, 3.8) is 0 Å². The van der Waals surface area contributed by atoms with E-state index in [-0.39, 0.29) is 11.5 Å². The van der Waals surface area contributed by atoms with Gasteiger partial charge in [0.15, 0.2) is 11.6 Å². The van der Waals surface area contributed by atoms with E-state index < -0.39 is 0 Å². The van der Waals surface area contributed by atoms with E-state index in [1.165, 1.54) is 6.07 Å². The summed E-state index contributed by atoms with van der Waals surface area (Å²) in [5.41, 5.74) is 0.617. The molecule has 1 atom stereocenters. The number of hydrogen-bond donors (Lipinski definition) is 1. The summed E-state index contributed by atoms with van der Waals surface area (Å²) in [6, 6.07) is 5.07. The molecular formula is C12H12N2O3. The molecule has 0 saturated carbocycles. The highest BCUT2D eigenvalue weighted by atomic mass is 16.5. The van der Waals surface area contributed by atoms with Crippen LogP contribution in [0.2, 0.25) is 0 Å². The Hall–Kier alpha value is -1.88. The number of aromatic amines is 1. The number of ether oxygens (including phenoxy) is 1. The highest BCUT2D eigenvalue weighted by molar-refractivity contribution is 5.46. The fourth-order valence-corrected chi connectivity index (χ4v) is 1.98. The van der Waals surface area contributed by atoms with E-state index in [9.17, 15) is 4.79 Å². The minimum Gasteiger partial charge on any atom is -0.461 e. The summed E-state index contributed by atoms with van der Waals surface area (Å²) in [7, 11) is 0. The molecule has 0 aliphatic carbocycles. The lowest BCUT2D eigenvalue weighted by atomic mass is 10.1. The molecule has 3 heterocycles. The number of rotatable bonds is 2. The van der Waals surface area contributed by atoms with E-state index in [1.807, 2.05) is 0 Å². The van der Waals surface area contributed by atoms with Gasteiger partial charge in [-0.05, 0) is 18.6 Å². The maximum absolute atomic E-state index is 11.6. The van der Waals surface area contributed by atoms with Crippen LogP contribution in [0.4, 0.5) is 0 Å². The lowest BCUT2D eigenvalue weighted by Crippen LogP contribution is -2.13. The van der Waals surface area contributed by atoms with Gasteiger partial charge < -0.3 is 14.1 Å². The van der Waals surface area contributed by atoms with Crippen LogP contribution in [0.3, 0.4) is 0 Å². The topological polar surface area (TPSA) is 68.1 Å². The summed E-state index contributed by atoms with van der Waals surface area (Å²) >= 11 is 0. The van der Waals surface area contributed by atoms with E-state index in [0.717, 1.165) is 18.7 Å². The smallest absolute Gasteiger partial charge is 0.251 e. The van der Waals surface area contributed by atoms with E-state index >= 15 is 0 Å². The average molecular weight is 232 g/mol. The molecule has 5 heteroatoms. The molecule has 0 bridgehead atoms. The third-order valence-corrected chi connectivity index (χ3v) is 2.86. The fraction of sp³-hybridized carbons (Fsp3) is 0.333. The molecule has 3 rings (SSSR count). The highest BCUT2D eigenvalue weighted by Gasteiger charge is 2.20. The van der Waals surface area contributed by atoms with Crippen molar-refractivity contribution in [3.05, 3.63) is 40.5 Å². The van der Waals surface area contributed by atoms with Gasteiger partial charge in [-0.25, -0.2) is 4.98 Å². The molecule has 0 radical (unpaired) electrons. The first kappa shape index (κ1) is 10.3. The Balaban J connectivity index is 2.03. The van der Waals surface area contributed by atoms with Crippen molar-refractivity contribution in [2.45, 2.75) is 12.3 Å². The number of H-pyrrole nitrogens is 1. The molecule has 1 aliphatic heterocycles. The largest absolute Gasteiger partial charge is 0.461 e. The third-order valence-electron chi connectivity index (χ3n) is 2.86. The molecule has 1 N–H and O–H groups in total. The molecule has 1 unspecified atom stereocenters. The first-order valence-corrected chi connectivity index (χ1v) is 5.56. The van der Waals surface area contributed by atoms with Crippen LogP contribution in [0.25, 0.3) is 11.6 Å². The Kier molecular flexibility index (Phi) is 2.53. The van der Waals surface area contributed by atoms with E-state index in [4.69, 9.17) is 9.15 Å². The van der Waals surface area contributed by atoms with Gasteiger partial charge in [-0.3, -0.25) is 4.79 Å². The second-order valence-electron chi connectivity index (χ2n) is 4.06. The summed E-state index contributed by atoms with van der Waals surface area (Å²) in [4.78, 5) is 18.7. The standard InChI is InChI=1S/C12H12N2O3/c15-11-6-9(8-3-5-16-7-8)13-12(14-11)10-2-1-4-17-10/h1-2,4,6,8H,3,5,7H2,(H,13,14,15). The molecule has 17 heavy (non-hydrogen) atoms. The van der Waals surface area contributed by atoms with Gasteiger partial charge in [0.25, 0.3) is 5.56 Å². The number of furan rings is 1. The van der Waals surface area contributed by atoms with Crippen LogP contribution in [0, 0.1) is 0 Å². The zero-order valence-electron chi connectivity index (χ0n) is 9.18. The molecule has 1 fully saturated rings. The molecule has 2 aromatic heterocycles. The van der Waals surface area contributed by atoms with Gasteiger partial charge in [-0.1, -0.05) is 0 Å². The van der Waals surface area contributed by atoms with Gasteiger partial charge in [0.2, 0.25) is 0 Å². The van der Waals surface area contributed by atoms with Crippen LogP contribution in [-0.2, 0) is 4.74 Å². The minimum absolute atomic E-state index is 0.159. The molecule has 1 aliphatic rings. The maximum atomic E-state index is 11.6. The first-order chi connectivity index (χ1) is 8.33. The summed E-state index contributed by atoms with van der Waals surface area (Å²) in [5, 5.41) is 0. The Morgan fingerprint density at radius 2 is 2.41 bits per heavy atom. The number of nitrogens with one attached hydrogen (secondary N) is 1. The average Bonchev–Trinajstić information content (AvgIpc) is 3.02. The van der Waals surface area contributed by atoms with Crippen LogP contribution in [0.15, 0.2) is 33.7 Å². The van der Waals surface area contributed by atoms with E-state index in [2.05, 4.69) is 9.97 Å². The Morgan fingerprint density at radius 1 is 1.47 bits per heavy atom. The van der Waals surface area contributed by atoms with Crippen molar-refractivity contribution >= 4 is 0 Å². The number of hydrogen-bond acceptors (Lipinski definition) is 4. The molecule has 88 valence electrons. The molecule has 2 aromatic rings. The third kappa shape index (κ3) is 2.01. The van der Waals surface area contributed by atoms with Gasteiger partial charge in [0.05, 0.1) is 18.6 Å². The van der Waals surface area contributed by atoms with Gasteiger partial charge >= 0.3 is 0 Å². The van der Waals surface area contributed by atoms with Crippen LogP contribution >= 0.6 is 0 Å². The van der Waals surface area contributed by atoms with Crippen molar-refractivity contribution < 1.29 is 9.15 Å². The Labute approximate surface area is 97.5 Å². The van der Waals surface area contributed by atoms with Gasteiger partial charge in [-0.2, -0.15) is 0 Å². The summed E-state index contributed by atoms with van der Waals surface area (Å²) < 4.78 is 10.5. The Morgan fingerprint density at radius 3 is 3.12 bits per heavy atom. The van der Waals surface area contributed by atoms with E-state index in [1.54, 1.807) is 18.4 Å². The van der Waals surface area contributed by atoms with Crippen molar-refractivity contribution in [2.24, 2.45) is 0 Å². The lowest BCUT2D eigenvalue weighted by Gasteiger charge is -2.07. The zero-order chi connectivity index (χ0) is 11.7. The monoisotopic (exact) mass is 232 g/mol. The molecule has 5 nitrogen and oxygen atoms in total. The van der Waals surface area contributed by atoms with Crippen molar-refractivity contribution in [2.75, 3.05) is 13.2 Å². The SMILES string of the molecule is O=c1cc(C2CCOC2)nc(-c2ccco2)[nH]1. The fourth-order valence-electron chi connectivity index (χ4n) is 1.98. The number of aromatic nitrogens is 2. The molecule has 0 spiro atoms. The predicted octanol–water partition coefficient (Wildman–Crippen LogP) is 1.53. The van der Waals surface area contributed by atoms with Gasteiger partial charge in [0, 0.05) is 18.6 Å². The first-order valence-electron chi connectivity index (χ1n) is 5.56.